The summed E-state index contributed by atoms with van der Waals surface area (Å²) in [5, 5.41) is 0.863. The first-order valence-corrected chi connectivity index (χ1v) is 5.96. The molecule has 0 amide bonds. The summed E-state index contributed by atoms with van der Waals surface area (Å²) in [5.74, 6) is 0.908. The Morgan fingerprint density at radius 3 is 2.54 bits per heavy atom. The Kier molecular flexibility index (Phi) is 2.94. The van der Waals surface area contributed by atoms with Crippen LogP contribution in [0.15, 0.2) is 35.2 Å². The van der Waals surface area contributed by atoms with Gasteiger partial charge in [-0.3, -0.25) is 0 Å². The lowest BCUT2D eigenvalue weighted by Crippen LogP contribution is -2.04. The van der Waals surface area contributed by atoms with Gasteiger partial charge in [-0.25, -0.2) is 0 Å². The zero-order chi connectivity index (χ0) is 9.10. The lowest BCUT2D eigenvalue weighted by Gasteiger charge is -2.14. The maximum Gasteiger partial charge on any atom is 0.0120 e. The van der Waals surface area contributed by atoms with Gasteiger partial charge in [0.1, 0.15) is 0 Å². The van der Waals surface area contributed by atoms with Crippen molar-refractivity contribution < 1.29 is 0 Å². The molecule has 0 saturated heterocycles. The fourth-order valence-electron chi connectivity index (χ4n) is 1.96. The first kappa shape index (κ1) is 9.14. The van der Waals surface area contributed by atoms with Gasteiger partial charge in [-0.15, -0.1) is 11.8 Å². The minimum Gasteiger partial charge on any atom is -0.122 e. The van der Waals surface area contributed by atoms with Crippen molar-refractivity contribution in [2.45, 2.75) is 36.3 Å². The molecule has 13 heavy (non-hydrogen) atoms. The molecular weight excluding hydrogens is 176 g/mol. The summed E-state index contributed by atoms with van der Waals surface area (Å²) in [6.45, 7) is 2.38. The van der Waals surface area contributed by atoms with E-state index in [9.17, 15) is 0 Å². The number of benzene rings is 1. The Morgan fingerprint density at radius 1 is 1.15 bits per heavy atom. The van der Waals surface area contributed by atoms with Crippen LogP contribution in [0.25, 0.3) is 0 Å². The van der Waals surface area contributed by atoms with Crippen LogP contribution in [0, 0.1) is 5.92 Å². The fourth-order valence-corrected chi connectivity index (χ4v) is 3.28. The van der Waals surface area contributed by atoms with Crippen LogP contribution in [0.3, 0.4) is 0 Å². The van der Waals surface area contributed by atoms with E-state index < -0.39 is 0 Å². The molecule has 1 saturated carbocycles. The second-order valence-corrected chi connectivity index (χ2v) is 5.19. The molecule has 0 aliphatic heterocycles. The summed E-state index contributed by atoms with van der Waals surface area (Å²) in [4.78, 5) is 1.43. The summed E-state index contributed by atoms with van der Waals surface area (Å²) >= 11 is 2.06. The van der Waals surface area contributed by atoms with Gasteiger partial charge in [0.25, 0.3) is 0 Å². The smallest absolute Gasteiger partial charge is 0.0120 e. The van der Waals surface area contributed by atoms with E-state index in [-0.39, 0.29) is 0 Å². The predicted molar refractivity (Wildman–Crippen MR) is 59.1 cm³/mol. The Morgan fingerprint density at radius 2 is 1.92 bits per heavy atom. The van der Waals surface area contributed by atoms with Crippen LogP contribution >= 0.6 is 11.8 Å². The molecule has 1 heteroatoms. The van der Waals surface area contributed by atoms with Crippen LogP contribution < -0.4 is 0 Å². The highest BCUT2D eigenvalue weighted by Gasteiger charge is 2.23. The van der Waals surface area contributed by atoms with Gasteiger partial charge in [-0.1, -0.05) is 31.5 Å². The molecule has 2 rings (SSSR count). The van der Waals surface area contributed by atoms with E-state index in [2.05, 4.69) is 49.0 Å². The van der Waals surface area contributed by atoms with Crippen LogP contribution in [0.5, 0.6) is 0 Å². The Balaban J connectivity index is 1.98. The first-order valence-electron chi connectivity index (χ1n) is 5.08. The molecule has 1 fully saturated rings. The van der Waals surface area contributed by atoms with Crippen molar-refractivity contribution >= 4 is 11.8 Å². The molecule has 2 atom stereocenters. The average molecular weight is 192 g/mol. The average Bonchev–Trinajstić information content (AvgIpc) is 2.54. The zero-order valence-corrected chi connectivity index (χ0v) is 8.89. The third-order valence-electron chi connectivity index (χ3n) is 2.81. The molecule has 0 aromatic heterocycles. The predicted octanol–water partition coefficient (Wildman–Crippen LogP) is 3.97. The van der Waals surface area contributed by atoms with Crippen molar-refractivity contribution in [3.63, 3.8) is 0 Å². The van der Waals surface area contributed by atoms with Crippen LogP contribution in [0.2, 0.25) is 0 Å². The number of thioether (sulfide) groups is 1. The van der Waals surface area contributed by atoms with Gasteiger partial charge in [0.15, 0.2) is 0 Å². The van der Waals surface area contributed by atoms with E-state index in [0.717, 1.165) is 11.2 Å². The normalized spacial score (nSPS) is 27.8. The van der Waals surface area contributed by atoms with Crippen molar-refractivity contribution in [2.75, 3.05) is 0 Å². The van der Waals surface area contributed by atoms with Crippen LogP contribution in [0.1, 0.15) is 26.2 Å². The van der Waals surface area contributed by atoms with Gasteiger partial charge in [-0.2, -0.15) is 0 Å². The second-order valence-electron chi connectivity index (χ2n) is 3.88. The molecule has 0 spiro atoms. The highest BCUT2D eigenvalue weighted by molar-refractivity contribution is 8.00. The van der Waals surface area contributed by atoms with Crippen molar-refractivity contribution in [1.82, 2.24) is 0 Å². The molecule has 1 aliphatic rings. The largest absolute Gasteiger partial charge is 0.122 e. The molecule has 1 aliphatic carbocycles. The van der Waals surface area contributed by atoms with E-state index in [0.29, 0.717) is 0 Å². The molecule has 1 aromatic carbocycles. The van der Waals surface area contributed by atoms with Gasteiger partial charge < -0.3 is 0 Å². The lowest BCUT2D eigenvalue weighted by atomic mass is 10.1. The maximum atomic E-state index is 2.38. The van der Waals surface area contributed by atoms with Gasteiger partial charge in [-0.05, 0) is 30.9 Å². The summed E-state index contributed by atoms with van der Waals surface area (Å²) in [6, 6.07) is 10.8. The van der Waals surface area contributed by atoms with E-state index in [1.165, 1.54) is 24.2 Å². The highest BCUT2D eigenvalue weighted by atomic mass is 32.2. The van der Waals surface area contributed by atoms with E-state index in [1.54, 1.807) is 0 Å². The van der Waals surface area contributed by atoms with Crippen LogP contribution in [-0.4, -0.2) is 5.25 Å². The molecule has 0 radical (unpaired) electrons. The second kappa shape index (κ2) is 4.19. The van der Waals surface area contributed by atoms with E-state index >= 15 is 0 Å². The van der Waals surface area contributed by atoms with E-state index in [1.807, 2.05) is 0 Å². The molecule has 0 N–H and O–H groups in total. The molecule has 0 bridgehead atoms. The first-order chi connectivity index (χ1) is 6.36. The monoisotopic (exact) mass is 192 g/mol. The lowest BCUT2D eigenvalue weighted by molar-refractivity contribution is 0.624. The minimum atomic E-state index is 0.863. The zero-order valence-electron chi connectivity index (χ0n) is 8.07. The number of rotatable bonds is 2. The van der Waals surface area contributed by atoms with Crippen molar-refractivity contribution in [3.05, 3.63) is 30.3 Å². The maximum absolute atomic E-state index is 2.38. The van der Waals surface area contributed by atoms with Gasteiger partial charge >= 0.3 is 0 Å². The van der Waals surface area contributed by atoms with Crippen LogP contribution in [-0.2, 0) is 0 Å². The fraction of sp³-hybridized carbons (Fsp3) is 0.500. The molecule has 0 nitrogen and oxygen atoms in total. The highest BCUT2D eigenvalue weighted by Crippen LogP contribution is 2.38. The van der Waals surface area contributed by atoms with Gasteiger partial charge in [0.05, 0.1) is 0 Å². The molecule has 1 aromatic rings. The summed E-state index contributed by atoms with van der Waals surface area (Å²) in [7, 11) is 0. The van der Waals surface area contributed by atoms with Crippen molar-refractivity contribution in [3.8, 4) is 0 Å². The van der Waals surface area contributed by atoms with Crippen molar-refractivity contribution in [1.29, 1.82) is 0 Å². The third-order valence-corrected chi connectivity index (χ3v) is 4.36. The van der Waals surface area contributed by atoms with Gasteiger partial charge in [0, 0.05) is 10.1 Å². The SMILES string of the molecule is C[C@@H]1CCC[C@H]1Sc1ccccc1. The standard InChI is InChI=1S/C12H16S/c1-10-6-5-9-12(10)13-11-7-3-2-4-8-11/h2-4,7-8,10,12H,5-6,9H2,1H3/t10-,12-/m1/s1. The molecule has 70 valence electrons. The summed E-state index contributed by atoms with van der Waals surface area (Å²) < 4.78 is 0. The van der Waals surface area contributed by atoms with Crippen molar-refractivity contribution in [2.24, 2.45) is 5.92 Å². The number of hydrogen-bond acceptors (Lipinski definition) is 1. The molecule has 0 unspecified atom stereocenters. The molecule has 0 heterocycles. The minimum absolute atomic E-state index is 0.863. The quantitative estimate of drug-likeness (QED) is 0.683. The Bertz CT molecular complexity index is 255. The van der Waals surface area contributed by atoms with Gasteiger partial charge in [0.2, 0.25) is 0 Å². The third kappa shape index (κ3) is 2.28. The Labute approximate surface area is 84.7 Å². The van der Waals surface area contributed by atoms with E-state index in [4.69, 9.17) is 0 Å². The van der Waals surface area contributed by atoms with Crippen LogP contribution in [0.4, 0.5) is 0 Å². The Hall–Kier alpha value is -0.430. The summed E-state index contributed by atoms with van der Waals surface area (Å²) in [5.41, 5.74) is 0. The topological polar surface area (TPSA) is 0 Å². The molecular formula is C12H16S. The summed E-state index contributed by atoms with van der Waals surface area (Å²) in [6.07, 6.45) is 4.25. The number of hydrogen-bond donors (Lipinski definition) is 0.